The number of aromatic nitrogens is 1. The first-order chi connectivity index (χ1) is 12.8. The largest absolute Gasteiger partial charge is 0.439 e. The van der Waals surface area contributed by atoms with Crippen LogP contribution in [0.1, 0.15) is 45.2 Å². The molecule has 0 aliphatic carbocycles. The summed E-state index contributed by atoms with van der Waals surface area (Å²) in [6.45, 7) is 8.14. The number of benzene rings is 1. The molecule has 0 saturated heterocycles. The highest BCUT2D eigenvalue weighted by Crippen LogP contribution is 2.34. The molecular formula is C21H26N4O2. The van der Waals surface area contributed by atoms with E-state index in [2.05, 4.69) is 42.5 Å². The van der Waals surface area contributed by atoms with Crippen LogP contribution in [0.5, 0.6) is 11.6 Å². The van der Waals surface area contributed by atoms with Gasteiger partial charge in [0.25, 0.3) is 0 Å². The lowest BCUT2D eigenvalue weighted by atomic mass is 9.85. The summed E-state index contributed by atoms with van der Waals surface area (Å²) >= 11 is 0. The van der Waals surface area contributed by atoms with E-state index in [0.717, 1.165) is 5.56 Å². The molecule has 6 nitrogen and oxygen atoms in total. The third-order valence-electron chi connectivity index (χ3n) is 4.21. The number of amides is 1. The molecule has 0 aliphatic rings. The standard InChI is InChI=1S/C21H26N4O2/c1-6-17(23-5)20(26)25-15-8-10-19(24-13-15)27-18-9-7-14(12-22)11-16(18)21(2,3)4/h7-11,13,17,23H,6H2,1-5H3,(H,25,26)/t17-/m1/s1. The fourth-order valence-electron chi connectivity index (χ4n) is 2.65. The van der Waals surface area contributed by atoms with Crippen LogP contribution in [0.15, 0.2) is 36.5 Å². The lowest BCUT2D eigenvalue weighted by Crippen LogP contribution is -2.37. The van der Waals surface area contributed by atoms with Crippen molar-refractivity contribution in [3.8, 4) is 17.7 Å². The monoisotopic (exact) mass is 366 g/mol. The minimum atomic E-state index is -0.242. The first-order valence-electron chi connectivity index (χ1n) is 8.95. The zero-order valence-corrected chi connectivity index (χ0v) is 16.5. The fraction of sp³-hybridized carbons (Fsp3) is 0.381. The summed E-state index contributed by atoms with van der Waals surface area (Å²) in [6, 6.07) is 10.7. The van der Waals surface area contributed by atoms with Crippen molar-refractivity contribution in [1.82, 2.24) is 10.3 Å². The molecular weight excluding hydrogens is 340 g/mol. The van der Waals surface area contributed by atoms with Gasteiger partial charge in [-0.25, -0.2) is 4.98 Å². The molecule has 0 radical (unpaired) electrons. The molecule has 1 aromatic carbocycles. The first-order valence-corrected chi connectivity index (χ1v) is 8.95. The Morgan fingerprint density at radius 3 is 2.56 bits per heavy atom. The Morgan fingerprint density at radius 1 is 1.30 bits per heavy atom. The second-order valence-corrected chi connectivity index (χ2v) is 7.30. The third kappa shape index (κ3) is 5.28. The van der Waals surface area contributed by atoms with E-state index in [-0.39, 0.29) is 17.4 Å². The maximum atomic E-state index is 12.1. The summed E-state index contributed by atoms with van der Waals surface area (Å²) in [6.07, 6.45) is 2.27. The van der Waals surface area contributed by atoms with E-state index in [1.165, 1.54) is 0 Å². The zero-order chi connectivity index (χ0) is 20.0. The molecule has 0 bridgehead atoms. The molecule has 1 heterocycles. The van der Waals surface area contributed by atoms with Gasteiger partial charge in [0.05, 0.1) is 29.6 Å². The predicted molar refractivity (Wildman–Crippen MR) is 106 cm³/mol. The molecule has 0 fully saturated rings. The summed E-state index contributed by atoms with van der Waals surface area (Å²) in [4.78, 5) is 16.4. The molecule has 2 rings (SSSR count). The molecule has 0 aliphatic heterocycles. The summed E-state index contributed by atoms with van der Waals surface area (Å²) in [5.41, 5.74) is 1.95. The van der Waals surface area contributed by atoms with E-state index < -0.39 is 0 Å². The van der Waals surface area contributed by atoms with Gasteiger partial charge >= 0.3 is 0 Å². The van der Waals surface area contributed by atoms with Gasteiger partial charge in [0.1, 0.15) is 5.75 Å². The SMILES string of the molecule is CC[C@@H](NC)C(=O)Nc1ccc(Oc2ccc(C#N)cc2C(C)(C)C)nc1. The van der Waals surface area contributed by atoms with E-state index in [4.69, 9.17) is 10.00 Å². The summed E-state index contributed by atoms with van der Waals surface area (Å²) in [5.74, 6) is 0.980. The molecule has 6 heteroatoms. The summed E-state index contributed by atoms with van der Waals surface area (Å²) < 4.78 is 5.94. The van der Waals surface area contributed by atoms with Crippen LogP contribution in [0, 0.1) is 11.3 Å². The topological polar surface area (TPSA) is 87.0 Å². The van der Waals surface area contributed by atoms with Gasteiger partial charge in [-0.1, -0.05) is 27.7 Å². The maximum Gasteiger partial charge on any atom is 0.241 e. The quantitative estimate of drug-likeness (QED) is 0.807. The Kier molecular flexibility index (Phi) is 6.54. The van der Waals surface area contributed by atoms with Crippen LogP contribution in [0.25, 0.3) is 0 Å². The number of nitrogens with zero attached hydrogens (tertiary/aromatic N) is 2. The number of nitriles is 1. The van der Waals surface area contributed by atoms with Crippen molar-refractivity contribution in [3.05, 3.63) is 47.7 Å². The van der Waals surface area contributed by atoms with Gasteiger partial charge in [0, 0.05) is 11.6 Å². The molecule has 142 valence electrons. The number of hydrogen-bond donors (Lipinski definition) is 2. The molecule has 27 heavy (non-hydrogen) atoms. The average Bonchev–Trinajstić information content (AvgIpc) is 2.64. The Bertz CT molecular complexity index is 829. The van der Waals surface area contributed by atoms with Crippen molar-refractivity contribution < 1.29 is 9.53 Å². The second kappa shape index (κ2) is 8.65. The Labute approximate surface area is 160 Å². The third-order valence-corrected chi connectivity index (χ3v) is 4.21. The van der Waals surface area contributed by atoms with Crippen molar-refractivity contribution >= 4 is 11.6 Å². The van der Waals surface area contributed by atoms with Crippen LogP contribution in [0.3, 0.4) is 0 Å². The maximum absolute atomic E-state index is 12.1. The van der Waals surface area contributed by atoms with Crippen LogP contribution >= 0.6 is 0 Å². The normalized spacial score (nSPS) is 12.1. The molecule has 1 atom stereocenters. The minimum absolute atomic E-state index is 0.0995. The van der Waals surface area contributed by atoms with Gasteiger partial charge < -0.3 is 15.4 Å². The van der Waals surface area contributed by atoms with Crippen molar-refractivity contribution in [3.63, 3.8) is 0 Å². The second-order valence-electron chi connectivity index (χ2n) is 7.30. The van der Waals surface area contributed by atoms with Gasteiger partial charge in [-0.3, -0.25) is 4.79 Å². The lowest BCUT2D eigenvalue weighted by molar-refractivity contribution is -0.118. The van der Waals surface area contributed by atoms with Crippen LogP contribution in [-0.2, 0) is 10.2 Å². The lowest BCUT2D eigenvalue weighted by Gasteiger charge is -2.22. The number of carbonyl (C=O) groups is 1. The van der Waals surface area contributed by atoms with E-state index in [1.807, 2.05) is 13.0 Å². The number of carbonyl (C=O) groups excluding carboxylic acids is 1. The average molecular weight is 366 g/mol. The molecule has 0 saturated carbocycles. The van der Waals surface area contributed by atoms with Gasteiger partial charge in [0.15, 0.2) is 0 Å². The number of pyridine rings is 1. The van der Waals surface area contributed by atoms with Crippen molar-refractivity contribution in [2.75, 3.05) is 12.4 Å². The predicted octanol–water partition coefficient (Wildman–Crippen LogP) is 3.98. The Hall–Kier alpha value is -2.91. The Morgan fingerprint density at radius 2 is 2.04 bits per heavy atom. The van der Waals surface area contributed by atoms with E-state index >= 15 is 0 Å². The van der Waals surface area contributed by atoms with Crippen molar-refractivity contribution in [2.45, 2.75) is 45.6 Å². The molecule has 1 amide bonds. The molecule has 2 aromatic rings. The Balaban J connectivity index is 2.18. The number of rotatable bonds is 6. The van der Waals surface area contributed by atoms with Gasteiger partial charge in [0.2, 0.25) is 11.8 Å². The van der Waals surface area contributed by atoms with E-state index in [1.54, 1.807) is 37.5 Å². The van der Waals surface area contributed by atoms with Crippen LogP contribution in [0.4, 0.5) is 5.69 Å². The van der Waals surface area contributed by atoms with E-state index in [0.29, 0.717) is 29.3 Å². The molecule has 0 unspecified atom stereocenters. The summed E-state index contributed by atoms with van der Waals surface area (Å²) in [5, 5.41) is 14.9. The number of anilines is 1. The first kappa shape index (κ1) is 20.4. The van der Waals surface area contributed by atoms with Gasteiger partial charge in [-0.15, -0.1) is 0 Å². The molecule has 0 spiro atoms. The fourth-order valence-corrected chi connectivity index (χ4v) is 2.65. The van der Waals surface area contributed by atoms with Crippen molar-refractivity contribution in [1.29, 1.82) is 5.26 Å². The summed E-state index contributed by atoms with van der Waals surface area (Å²) in [7, 11) is 1.76. The van der Waals surface area contributed by atoms with Crippen LogP contribution in [-0.4, -0.2) is 24.0 Å². The highest BCUT2D eigenvalue weighted by atomic mass is 16.5. The molecule has 1 aromatic heterocycles. The highest BCUT2D eigenvalue weighted by Gasteiger charge is 2.20. The number of ether oxygens (including phenoxy) is 1. The van der Waals surface area contributed by atoms with E-state index in [9.17, 15) is 4.79 Å². The number of nitrogens with one attached hydrogen (secondary N) is 2. The highest BCUT2D eigenvalue weighted by molar-refractivity contribution is 5.94. The van der Waals surface area contributed by atoms with Crippen LogP contribution in [0.2, 0.25) is 0 Å². The number of likely N-dealkylation sites (N-methyl/N-ethyl adjacent to an activating group) is 1. The van der Waals surface area contributed by atoms with Gasteiger partial charge in [-0.2, -0.15) is 5.26 Å². The number of hydrogen-bond acceptors (Lipinski definition) is 5. The minimum Gasteiger partial charge on any atom is -0.439 e. The van der Waals surface area contributed by atoms with Crippen LogP contribution < -0.4 is 15.4 Å². The van der Waals surface area contributed by atoms with Crippen molar-refractivity contribution in [2.24, 2.45) is 0 Å². The zero-order valence-electron chi connectivity index (χ0n) is 16.5. The molecule has 2 N–H and O–H groups in total. The van der Waals surface area contributed by atoms with Gasteiger partial charge in [-0.05, 0) is 43.1 Å². The smallest absolute Gasteiger partial charge is 0.241 e.